The molecule has 0 spiro atoms. The lowest BCUT2D eigenvalue weighted by molar-refractivity contribution is -0.139. The zero-order valence-corrected chi connectivity index (χ0v) is 13.0. The number of nitrogens with zero attached hydrogens (tertiary/aromatic N) is 1. The molecular formula is C14H27N3O4. The summed E-state index contributed by atoms with van der Waals surface area (Å²) < 4.78 is 10.6. The molecule has 0 radical (unpaired) electrons. The highest BCUT2D eigenvalue weighted by molar-refractivity contribution is 6.35. The van der Waals surface area contributed by atoms with Crippen molar-refractivity contribution < 1.29 is 19.1 Å². The van der Waals surface area contributed by atoms with Crippen molar-refractivity contribution in [2.75, 3.05) is 52.5 Å². The summed E-state index contributed by atoms with van der Waals surface area (Å²) in [4.78, 5) is 25.3. The minimum Gasteiger partial charge on any atom is -0.379 e. The van der Waals surface area contributed by atoms with Crippen LogP contribution in [0.25, 0.3) is 0 Å². The summed E-state index contributed by atoms with van der Waals surface area (Å²) >= 11 is 0. The molecule has 1 heterocycles. The van der Waals surface area contributed by atoms with Crippen molar-refractivity contribution >= 4 is 11.8 Å². The Morgan fingerprint density at radius 2 is 1.76 bits per heavy atom. The Hall–Kier alpha value is -1.18. The number of hydrogen-bond acceptors (Lipinski definition) is 5. The Labute approximate surface area is 126 Å². The van der Waals surface area contributed by atoms with E-state index in [1.807, 2.05) is 13.8 Å². The minimum atomic E-state index is -0.582. The fourth-order valence-electron chi connectivity index (χ4n) is 1.91. The van der Waals surface area contributed by atoms with Crippen LogP contribution in [0.4, 0.5) is 0 Å². The van der Waals surface area contributed by atoms with E-state index in [9.17, 15) is 9.59 Å². The molecule has 1 rings (SSSR count). The van der Waals surface area contributed by atoms with E-state index in [1.165, 1.54) is 0 Å². The van der Waals surface area contributed by atoms with Crippen molar-refractivity contribution in [3.05, 3.63) is 0 Å². The summed E-state index contributed by atoms with van der Waals surface area (Å²) in [5.41, 5.74) is 0. The van der Waals surface area contributed by atoms with E-state index in [0.717, 1.165) is 32.8 Å². The maximum Gasteiger partial charge on any atom is 0.309 e. The van der Waals surface area contributed by atoms with Crippen LogP contribution in [0.1, 0.15) is 20.3 Å². The molecule has 0 unspecified atom stereocenters. The molecule has 0 aromatic carbocycles. The topological polar surface area (TPSA) is 79.9 Å². The van der Waals surface area contributed by atoms with Gasteiger partial charge in [-0.15, -0.1) is 0 Å². The Bertz CT molecular complexity index is 317. The molecule has 0 aromatic heterocycles. The van der Waals surface area contributed by atoms with Crippen molar-refractivity contribution in [2.45, 2.75) is 26.4 Å². The predicted molar refractivity (Wildman–Crippen MR) is 79.0 cm³/mol. The van der Waals surface area contributed by atoms with Crippen LogP contribution in [0.3, 0.4) is 0 Å². The Kier molecular flexibility index (Phi) is 8.96. The van der Waals surface area contributed by atoms with Gasteiger partial charge >= 0.3 is 11.8 Å². The van der Waals surface area contributed by atoms with E-state index >= 15 is 0 Å². The normalized spacial score (nSPS) is 16.0. The highest BCUT2D eigenvalue weighted by atomic mass is 16.5. The second-order valence-electron chi connectivity index (χ2n) is 5.24. The smallest absolute Gasteiger partial charge is 0.309 e. The third-order valence-corrected chi connectivity index (χ3v) is 3.08. The second kappa shape index (κ2) is 10.5. The third kappa shape index (κ3) is 8.64. The molecular weight excluding hydrogens is 274 g/mol. The molecule has 0 aromatic rings. The first-order chi connectivity index (χ1) is 10.1. The maximum atomic E-state index is 11.6. The fourth-order valence-corrected chi connectivity index (χ4v) is 1.91. The van der Waals surface area contributed by atoms with Gasteiger partial charge < -0.3 is 20.1 Å². The van der Waals surface area contributed by atoms with Crippen LogP contribution < -0.4 is 10.6 Å². The van der Waals surface area contributed by atoms with Gasteiger partial charge in [0.15, 0.2) is 0 Å². The first-order valence-corrected chi connectivity index (χ1v) is 7.57. The maximum absolute atomic E-state index is 11.6. The van der Waals surface area contributed by atoms with Gasteiger partial charge in [-0.1, -0.05) is 0 Å². The molecule has 7 heteroatoms. The molecule has 21 heavy (non-hydrogen) atoms. The van der Waals surface area contributed by atoms with Crippen LogP contribution in [0, 0.1) is 0 Å². The molecule has 0 aliphatic carbocycles. The molecule has 1 aliphatic rings. The molecule has 2 amide bonds. The SMILES string of the molecule is CC(C)OCCCNC(=O)C(=O)NCCN1CCOCC1. The average molecular weight is 301 g/mol. The fraction of sp³-hybridized carbons (Fsp3) is 0.857. The van der Waals surface area contributed by atoms with Crippen LogP contribution in [-0.4, -0.2) is 75.4 Å². The van der Waals surface area contributed by atoms with Gasteiger partial charge in [0, 0.05) is 39.3 Å². The molecule has 1 saturated heterocycles. The number of rotatable bonds is 8. The molecule has 0 bridgehead atoms. The summed E-state index contributed by atoms with van der Waals surface area (Å²) in [7, 11) is 0. The lowest BCUT2D eigenvalue weighted by Crippen LogP contribution is -2.45. The standard InChI is InChI=1S/C14H27N3O4/c1-12(2)21-9-3-4-15-13(18)14(19)16-5-6-17-7-10-20-11-8-17/h12H,3-11H2,1-2H3,(H,15,18)(H,16,19). The molecule has 122 valence electrons. The Morgan fingerprint density at radius 1 is 1.14 bits per heavy atom. The largest absolute Gasteiger partial charge is 0.379 e. The third-order valence-electron chi connectivity index (χ3n) is 3.08. The Morgan fingerprint density at radius 3 is 2.38 bits per heavy atom. The molecule has 2 N–H and O–H groups in total. The number of amides is 2. The van der Waals surface area contributed by atoms with Gasteiger partial charge in [0.05, 0.1) is 19.3 Å². The van der Waals surface area contributed by atoms with E-state index in [1.54, 1.807) is 0 Å². The minimum absolute atomic E-state index is 0.184. The van der Waals surface area contributed by atoms with E-state index in [2.05, 4.69) is 15.5 Å². The number of ether oxygens (including phenoxy) is 2. The first-order valence-electron chi connectivity index (χ1n) is 7.57. The molecule has 7 nitrogen and oxygen atoms in total. The van der Waals surface area contributed by atoms with Gasteiger partial charge in [-0.3, -0.25) is 14.5 Å². The summed E-state index contributed by atoms with van der Waals surface area (Å²) in [5.74, 6) is -1.16. The number of nitrogens with one attached hydrogen (secondary N) is 2. The monoisotopic (exact) mass is 301 g/mol. The lowest BCUT2D eigenvalue weighted by Gasteiger charge is -2.26. The van der Waals surface area contributed by atoms with Gasteiger partial charge in [0.2, 0.25) is 0 Å². The predicted octanol–water partition coefficient (Wildman–Crippen LogP) is -0.634. The van der Waals surface area contributed by atoms with Crippen molar-refractivity contribution in [1.82, 2.24) is 15.5 Å². The summed E-state index contributed by atoms with van der Waals surface area (Å²) in [6, 6.07) is 0. The van der Waals surface area contributed by atoms with Crippen LogP contribution in [0.5, 0.6) is 0 Å². The van der Waals surface area contributed by atoms with Crippen molar-refractivity contribution in [1.29, 1.82) is 0 Å². The first kappa shape index (κ1) is 17.9. The van der Waals surface area contributed by atoms with Crippen molar-refractivity contribution in [2.24, 2.45) is 0 Å². The van der Waals surface area contributed by atoms with Crippen molar-refractivity contribution in [3.8, 4) is 0 Å². The van der Waals surface area contributed by atoms with E-state index in [4.69, 9.17) is 9.47 Å². The molecule has 1 fully saturated rings. The van der Waals surface area contributed by atoms with Gasteiger partial charge in [-0.2, -0.15) is 0 Å². The highest BCUT2D eigenvalue weighted by Crippen LogP contribution is 1.94. The van der Waals surface area contributed by atoms with E-state index in [-0.39, 0.29) is 6.10 Å². The summed E-state index contributed by atoms with van der Waals surface area (Å²) in [6.07, 6.45) is 0.884. The highest BCUT2D eigenvalue weighted by Gasteiger charge is 2.14. The Balaban J connectivity index is 2.01. The zero-order chi connectivity index (χ0) is 15.5. The molecule has 1 aliphatic heterocycles. The van der Waals surface area contributed by atoms with E-state index in [0.29, 0.717) is 26.1 Å². The summed E-state index contributed by atoms with van der Waals surface area (Å²) in [5, 5.41) is 5.20. The van der Waals surface area contributed by atoms with Crippen molar-refractivity contribution in [3.63, 3.8) is 0 Å². The molecule has 0 atom stereocenters. The lowest BCUT2D eigenvalue weighted by atomic mass is 10.4. The van der Waals surface area contributed by atoms with Crippen LogP contribution in [0.15, 0.2) is 0 Å². The van der Waals surface area contributed by atoms with Gasteiger partial charge in [0.1, 0.15) is 0 Å². The number of carbonyl (C=O) groups excluding carboxylic acids is 2. The number of carbonyl (C=O) groups is 2. The average Bonchev–Trinajstić information content (AvgIpc) is 2.47. The summed E-state index contributed by atoms with van der Waals surface area (Å²) in [6.45, 7) is 9.36. The number of hydrogen-bond donors (Lipinski definition) is 2. The van der Waals surface area contributed by atoms with E-state index < -0.39 is 11.8 Å². The molecule has 0 saturated carbocycles. The quantitative estimate of drug-likeness (QED) is 0.461. The van der Waals surface area contributed by atoms with Crippen LogP contribution in [0.2, 0.25) is 0 Å². The van der Waals surface area contributed by atoms with Crippen LogP contribution in [-0.2, 0) is 19.1 Å². The second-order valence-corrected chi connectivity index (χ2v) is 5.24. The zero-order valence-electron chi connectivity index (χ0n) is 13.0. The number of morpholine rings is 1. The van der Waals surface area contributed by atoms with Gasteiger partial charge in [-0.05, 0) is 20.3 Å². The van der Waals surface area contributed by atoms with Gasteiger partial charge in [-0.25, -0.2) is 0 Å². The van der Waals surface area contributed by atoms with Crippen LogP contribution >= 0.6 is 0 Å². The van der Waals surface area contributed by atoms with Gasteiger partial charge in [0.25, 0.3) is 0 Å².